The van der Waals surface area contributed by atoms with Crippen LogP contribution in [0.25, 0.3) is 0 Å². The minimum absolute atomic E-state index is 0.0574. The highest BCUT2D eigenvalue weighted by molar-refractivity contribution is 9.10. The smallest absolute Gasteiger partial charge is 0.173 e. The molecule has 6 heteroatoms. The van der Waals surface area contributed by atoms with Gasteiger partial charge in [-0.25, -0.2) is 0 Å². The van der Waals surface area contributed by atoms with Gasteiger partial charge in [0.15, 0.2) is 5.84 Å². The second-order valence-corrected chi connectivity index (χ2v) is 5.83. The van der Waals surface area contributed by atoms with Crippen LogP contribution in [-0.2, 0) is 0 Å². The van der Waals surface area contributed by atoms with Gasteiger partial charge in [0, 0.05) is 9.50 Å². The monoisotopic (exact) mass is 368 g/mol. The highest BCUT2D eigenvalue weighted by Gasteiger charge is 2.11. The highest BCUT2D eigenvalue weighted by Crippen LogP contribution is 2.32. The molecule has 0 fully saturated rings. The second kappa shape index (κ2) is 6.37. The van der Waals surface area contributed by atoms with Gasteiger partial charge < -0.3 is 15.7 Å². The Morgan fingerprint density at radius 2 is 1.86 bits per heavy atom. The summed E-state index contributed by atoms with van der Waals surface area (Å²) in [6.45, 7) is 3.96. The average molecular weight is 370 g/mol. The molecular weight excluding hydrogens is 356 g/mol. The molecule has 0 saturated heterocycles. The Bertz CT molecular complexity index is 694. The molecule has 0 amide bonds. The van der Waals surface area contributed by atoms with E-state index in [1.807, 2.05) is 26.0 Å². The van der Waals surface area contributed by atoms with Crippen LogP contribution in [0.4, 0.5) is 0 Å². The van der Waals surface area contributed by atoms with Crippen molar-refractivity contribution >= 4 is 33.4 Å². The standard InChI is InChI=1S/C15H14BrClN2O2/c1-8-5-11(6-9(2)14(8)16)21-13-4-3-10(17)7-12(13)15(18)19-20/h3-7,20H,1-2H3,(H2,18,19). The Hall–Kier alpha value is -1.72. The van der Waals surface area contributed by atoms with E-state index in [2.05, 4.69) is 21.1 Å². The topological polar surface area (TPSA) is 67.8 Å². The lowest BCUT2D eigenvalue weighted by Crippen LogP contribution is -2.14. The van der Waals surface area contributed by atoms with Gasteiger partial charge >= 0.3 is 0 Å². The van der Waals surface area contributed by atoms with Gasteiger partial charge in [-0.05, 0) is 55.3 Å². The average Bonchev–Trinajstić information content (AvgIpc) is 2.45. The maximum Gasteiger partial charge on any atom is 0.173 e. The quantitative estimate of drug-likeness (QED) is 0.359. The van der Waals surface area contributed by atoms with Crippen LogP contribution in [0.3, 0.4) is 0 Å². The molecule has 0 atom stereocenters. The predicted molar refractivity (Wildman–Crippen MR) is 87.7 cm³/mol. The van der Waals surface area contributed by atoms with E-state index in [1.54, 1.807) is 18.2 Å². The fraction of sp³-hybridized carbons (Fsp3) is 0.133. The van der Waals surface area contributed by atoms with Crippen LogP contribution in [-0.4, -0.2) is 11.0 Å². The lowest BCUT2D eigenvalue weighted by Gasteiger charge is -2.13. The van der Waals surface area contributed by atoms with Crippen LogP contribution in [0.5, 0.6) is 11.5 Å². The Balaban J connectivity index is 2.45. The number of aryl methyl sites for hydroxylation is 2. The van der Waals surface area contributed by atoms with Crippen LogP contribution in [0.1, 0.15) is 16.7 Å². The first-order valence-corrected chi connectivity index (χ1v) is 7.31. The van der Waals surface area contributed by atoms with Crippen molar-refractivity contribution in [2.75, 3.05) is 0 Å². The first kappa shape index (κ1) is 15.7. The van der Waals surface area contributed by atoms with Crippen molar-refractivity contribution in [1.82, 2.24) is 0 Å². The summed E-state index contributed by atoms with van der Waals surface area (Å²) >= 11 is 9.45. The van der Waals surface area contributed by atoms with Crippen molar-refractivity contribution in [2.24, 2.45) is 10.9 Å². The molecule has 2 rings (SSSR count). The number of nitrogens with two attached hydrogens (primary N) is 1. The van der Waals surface area contributed by atoms with Crippen LogP contribution >= 0.6 is 27.5 Å². The van der Waals surface area contributed by atoms with Crippen molar-refractivity contribution in [3.05, 3.63) is 56.5 Å². The summed E-state index contributed by atoms with van der Waals surface area (Å²) < 4.78 is 6.90. The molecule has 2 aromatic carbocycles. The summed E-state index contributed by atoms with van der Waals surface area (Å²) in [5.41, 5.74) is 8.21. The first-order chi connectivity index (χ1) is 9.92. The molecule has 3 N–H and O–H groups in total. The lowest BCUT2D eigenvalue weighted by molar-refractivity contribution is 0.318. The molecule has 2 aromatic rings. The number of rotatable bonds is 3. The van der Waals surface area contributed by atoms with E-state index in [0.717, 1.165) is 15.6 Å². The molecule has 0 aliphatic rings. The molecule has 0 heterocycles. The van der Waals surface area contributed by atoms with E-state index < -0.39 is 0 Å². The van der Waals surface area contributed by atoms with Crippen LogP contribution in [0.2, 0.25) is 5.02 Å². The molecule has 0 saturated carbocycles. The van der Waals surface area contributed by atoms with Crippen LogP contribution in [0, 0.1) is 13.8 Å². The largest absolute Gasteiger partial charge is 0.457 e. The van der Waals surface area contributed by atoms with Gasteiger partial charge in [0.1, 0.15) is 11.5 Å². The van der Waals surface area contributed by atoms with E-state index in [-0.39, 0.29) is 5.84 Å². The van der Waals surface area contributed by atoms with Gasteiger partial charge in [0.05, 0.1) is 5.56 Å². The number of hydrogen-bond donors (Lipinski definition) is 2. The number of halogens is 2. The normalized spacial score (nSPS) is 11.5. The third-order valence-electron chi connectivity index (χ3n) is 2.96. The molecule has 0 radical (unpaired) electrons. The van der Waals surface area contributed by atoms with Crippen molar-refractivity contribution in [2.45, 2.75) is 13.8 Å². The van der Waals surface area contributed by atoms with Gasteiger partial charge in [-0.15, -0.1) is 0 Å². The maximum atomic E-state index is 8.85. The molecular formula is C15H14BrClN2O2. The van der Waals surface area contributed by atoms with E-state index in [9.17, 15) is 0 Å². The van der Waals surface area contributed by atoms with E-state index >= 15 is 0 Å². The minimum atomic E-state index is -0.0574. The van der Waals surface area contributed by atoms with Gasteiger partial charge in [0.2, 0.25) is 0 Å². The Labute approximate surface area is 136 Å². The van der Waals surface area contributed by atoms with Crippen molar-refractivity contribution in [3.63, 3.8) is 0 Å². The SMILES string of the molecule is Cc1cc(Oc2ccc(Cl)cc2/C(N)=N/O)cc(C)c1Br. The zero-order valence-electron chi connectivity index (χ0n) is 11.5. The molecule has 110 valence electrons. The summed E-state index contributed by atoms with van der Waals surface area (Å²) in [5, 5.41) is 12.3. The highest BCUT2D eigenvalue weighted by atomic mass is 79.9. The summed E-state index contributed by atoms with van der Waals surface area (Å²) in [7, 11) is 0. The molecule has 21 heavy (non-hydrogen) atoms. The van der Waals surface area contributed by atoms with E-state index in [4.69, 9.17) is 27.3 Å². The van der Waals surface area contributed by atoms with Crippen molar-refractivity contribution in [3.8, 4) is 11.5 Å². The Kier molecular flexibility index (Phi) is 4.75. The van der Waals surface area contributed by atoms with Crippen molar-refractivity contribution in [1.29, 1.82) is 0 Å². The maximum absolute atomic E-state index is 8.85. The lowest BCUT2D eigenvalue weighted by atomic mass is 10.1. The second-order valence-electron chi connectivity index (χ2n) is 4.60. The summed E-state index contributed by atoms with van der Waals surface area (Å²) in [4.78, 5) is 0. The number of amidine groups is 1. The third-order valence-corrected chi connectivity index (χ3v) is 4.45. The zero-order valence-corrected chi connectivity index (χ0v) is 13.9. The summed E-state index contributed by atoms with van der Waals surface area (Å²) in [6.07, 6.45) is 0. The molecule has 0 unspecified atom stereocenters. The summed E-state index contributed by atoms with van der Waals surface area (Å²) in [5.74, 6) is 1.08. The number of oxime groups is 1. The van der Waals surface area contributed by atoms with E-state index in [0.29, 0.717) is 22.1 Å². The zero-order chi connectivity index (χ0) is 15.6. The molecule has 0 aromatic heterocycles. The number of nitrogens with zero attached hydrogens (tertiary/aromatic N) is 1. The van der Waals surface area contributed by atoms with Crippen LogP contribution < -0.4 is 10.5 Å². The Morgan fingerprint density at radius 3 is 2.43 bits per heavy atom. The first-order valence-electron chi connectivity index (χ1n) is 6.14. The number of hydrogen-bond acceptors (Lipinski definition) is 3. The fourth-order valence-electron chi connectivity index (χ4n) is 1.94. The Morgan fingerprint density at radius 1 is 1.24 bits per heavy atom. The summed E-state index contributed by atoms with van der Waals surface area (Å²) in [6, 6.07) is 8.76. The molecule has 0 aliphatic heterocycles. The van der Waals surface area contributed by atoms with Gasteiger partial charge in [0.25, 0.3) is 0 Å². The minimum Gasteiger partial charge on any atom is -0.457 e. The van der Waals surface area contributed by atoms with Crippen molar-refractivity contribution < 1.29 is 9.94 Å². The number of ether oxygens (including phenoxy) is 1. The molecule has 4 nitrogen and oxygen atoms in total. The number of benzene rings is 2. The fourth-order valence-corrected chi connectivity index (χ4v) is 2.34. The molecule has 0 spiro atoms. The molecule has 0 aliphatic carbocycles. The van der Waals surface area contributed by atoms with E-state index in [1.165, 1.54) is 0 Å². The third kappa shape index (κ3) is 3.49. The van der Waals surface area contributed by atoms with Gasteiger partial charge in [-0.1, -0.05) is 32.7 Å². The molecule has 0 bridgehead atoms. The van der Waals surface area contributed by atoms with Gasteiger partial charge in [-0.3, -0.25) is 0 Å². The van der Waals surface area contributed by atoms with Crippen LogP contribution in [0.15, 0.2) is 40.0 Å². The van der Waals surface area contributed by atoms with Gasteiger partial charge in [-0.2, -0.15) is 0 Å². The predicted octanol–water partition coefficient (Wildman–Crippen LogP) is 4.61.